The number of pyridine rings is 1. The average molecular weight is 1920 g/mol. The molecule has 1 saturated carbocycles. The number of nitrogens with one attached hydrogen (secondary N) is 6. The Kier molecular flexibility index (Phi) is 34.1. The molecule has 0 spiro atoms. The van der Waals surface area contributed by atoms with Crippen molar-refractivity contribution in [1.29, 1.82) is 0 Å². The third-order valence-corrected chi connectivity index (χ3v) is 27.3. The van der Waals surface area contributed by atoms with Gasteiger partial charge in [0.1, 0.15) is 34.9 Å². The Bertz CT molecular complexity index is 5630. The number of aromatic nitrogens is 12. The van der Waals surface area contributed by atoms with Crippen molar-refractivity contribution < 1.29 is 61.8 Å². The summed E-state index contributed by atoms with van der Waals surface area (Å²) in [6.45, 7) is 49.6. The fourth-order valence-corrected chi connectivity index (χ4v) is 19.2. The number of benzene rings is 1. The lowest BCUT2D eigenvalue weighted by atomic mass is 9.73. The van der Waals surface area contributed by atoms with Crippen LogP contribution in [0, 0.1) is 38.7 Å². The second-order valence-corrected chi connectivity index (χ2v) is 44.2. The number of hydrogen-bond acceptors (Lipinski definition) is 22. The van der Waals surface area contributed by atoms with Crippen LogP contribution in [0.15, 0.2) is 54.3 Å². The number of nitrogens with zero attached hydrogens (tertiary/aromatic N) is 17. The van der Waals surface area contributed by atoms with Gasteiger partial charge in [-0.25, -0.2) is 42.5 Å². The van der Waals surface area contributed by atoms with Crippen LogP contribution in [0.2, 0.25) is 0 Å². The van der Waals surface area contributed by atoms with Gasteiger partial charge in [0.15, 0.2) is 11.6 Å². The molecular weight excluding hydrogens is 1770 g/mol. The topological polar surface area (TPSA) is 412 Å². The predicted octanol–water partition coefficient (Wildman–Crippen LogP) is 12.8. The fourth-order valence-electron chi connectivity index (χ4n) is 18.6. The zero-order chi connectivity index (χ0) is 101. The van der Waals surface area contributed by atoms with E-state index >= 15 is 0 Å². The van der Waals surface area contributed by atoms with Crippen LogP contribution in [-0.4, -0.2) is 260 Å². The van der Waals surface area contributed by atoms with Gasteiger partial charge in [-0.1, -0.05) is 144 Å². The molecule has 38 heteroatoms. The summed E-state index contributed by atoms with van der Waals surface area (Å²) in [6, 6.07) is 2.73. The molecule has 0 unspecified atom stereocenters. The van der Waals surface area contributed by atoms with Crippen molar-refractivity contribution in [1.82, 2.24) is 115 Å². The lowest BCUT2D eigenvalue weighted by molar-refractivity contribution is -0.142. The number of amides is 8. The van der Waals surface area contributed by atoms with Crippen LogP contribution in [0.25, 0.3) is 33.2 Å². The Morgan fingerprint density at radius 3 is 1.51 bits per heavy atom. The zero-order valence-corrected chi connectivity index (χ0v) is 85.5. The molecule has 0 bridgehead atoms. The van der Waals surface area contributed by atoms with Crippen molar-refractivity contribution in [2.24, 2.45) is 32.8 Å². The van der Waals surface area contributed by atoms with Gasteiger partial charge in [0, 0.05) is 180 Å². The molecule has 2 aliphatic carbocycles. The molecule has 15 rings (SSSR count). The molecule has 5 aliphatic heterocycles. The average Bonchev–Trinajstić information content (AvgIpc) is 1.66. The van der Waals surface area contributed by atoms with E-state index in [1.54, 1.807) is 58.1 Å². The molecule has 9 N–H and O–H groups in total. The first-order valence-corrected chi connectivity index (χ1v) is 48.8. The number of likely N-dealkylation sites (N-methyl/N-ethyl adjacent to an activating group) is 5. The van der Waals surface area contributed by atoms with Crippen LogP contribution in [0.5, 0.6) is 0 Å². The van der Waals surface area contributed by atoms with Gasteiger partial charge in [-0.15, -0.1) is 11.3 Å². The molecule has 7 aromatic heterocycles. The standard InChI is InChI=1S/C21H30N6O2.C20H24F2N4O3.C20H30N6O2S.C20H33N5O2.C18H29N3O2/c1-6-26-11-9-16-15(13-26)17(14-8-7-10-23-12-14)25-27(16)20(29)24-18(19(28)22-5)21(2,3)4;1-20(2,3)17(18(27)28)23-19(29)26-15-7-8-25(4)10-12(15)16(24-26)11-5-6-13(21)14(22)9-11;1-12(2)25-9-7-14-13(11-25)15(18-22-8-10-29-18)24-26(14)19(28)23-16(17(27)21-6)20(3,4)5;1-20(2,3)17(18(21)26)22-19(27)25-15-10-11-24(4)12-14(15)16(23-25)13-8-6-5-7-9-13;1-17(2,3)15-13-12-18(4,5)7-6-14(13)21(19-15)16(22)20-8-10-23-11-9-20/h7-8,10,12,18H,6,9,11,13H2,1-5H3,(H,22,28)(H,24,29);5-6,9,17H,7-8,10H2,1-4H3,(H,23,29)(H,27,28);8,10,12,16H,7,9,11H2,1-6H3,(H,21,27)(H,23,28);13,17H,5-12H2,1-4H3,(H2,21,26)(H,22,27);6-12H2,1-5H3/t18-;17-;16-;17-;/m1111./s1. The SMILES string of the molecule is CC1(C)CCc2c(c(C(C)(C)C)nn2C(=O)N2CCOCC2)C1.CCN1CCc2c(c(-c3cccnc3)nn2C(=O)N[C@H](C(=O)NC)C(C)(C)C)C1.CN1CCc2c(c(-c3ccc(F)c(F)c3)nn2C(=O)N[C@H](C(=O)O)C(C)(C)C)C1.CN1CCc2c(c(C3CCCCC3)nn2C(=O)N[C@H](C(N)=O)C(C)(C)C)C1.CNC(=O)[C@@H](NC(=O)n1nc(-c2nccs2)c2c1CCN(C(C)C)C2)C(C)(C)C. The van der Waals surface area contributed by atoms with E-state index in [1.165, 1.54) is 61.8 Å². The summed E-state index contributed by atoms with van der Waals surface area (Å²) in [5.74, 6) is -3.65. The predicted molar refractivity (Wildman–Crippen MR) is 522 cm³/mol. The van der Waals surface area contributed by atoms with E-state index in [4.69, 9.17) is 20.7 Å². The van der Waals surface area contributed by atoms with Gasteiger partial charge in [-0.3, -0.25) is 29.2 Å². The van der Waals surface area contributed by atoms with Crippen molar-refractivity contribution >= 4 is 65.2 Å². The maximum Gasteiger partial charge on any atom is 0.345 e. The molecule has 8 aromatic rings. The van der Waals surface area contributed by atoms with E-state index in [2.05, 4.69) is 134 Å². The van der Waals surface area contributed by atoms with E-state index < -0.39 is 75.4 Å². The number of primary amides is 1. The highest BCUT2D eigenvalue weighted by atomic mass is 32.1. The molecule has 0 radical (unpaired) electrons. The van der Waals surface area contributed by atoms with Crippen LogP contribution in [0.3, 0.4) is 0 Å². The largest absolute Gasteiger partial charge is 0.480 e. The summed E-state index contributed by atoms with van der Waals surface area (Å²) in [4.78, 5) is 133. The highest BCUT2D eigenvalue weighted by Crippen LogP contribution is 2.42. The Morgan fingerprint density at radius 2 is 1.03 bits per heavy atom. The van der Waals surface area contributed by atoms with Crippen LogP contribution < -0.4 is 37.6 Å². The molecule has 1 aromatic carbocycles. The van der Waals surface area contributed by atoms with Gasteiger partial charge in [0.05, 0.1) is 64.5 Å². The van der Waals surface area contributed by atoms with Gasteiger partial charge in [-0.2, -0.15) is 48.9 Å². The van der Waals surface area contributed by atoms with Gasteiger partial charge >= 0.3 is 36.1 Å². The number of nitrogens with two attached hydrogens (primary N) is 1. The Hall–Kier alpha value is -11.1. The second kappa shape index (κ2) is 44.0. The summed E-state index contributed by atoms with van der Waals surface area (Å²) < 4.78 is 39.7. The van der Waals surface area contributed by atoms with Crippen molar-refractivity contribution in [2.45, 2.75) is 283 Å². The van der Waals surface area contributed by atoms with Crippen LogP contribution in [0.4, 0.5) is 32.8 Å². The van der Waals surface area contributed by atoms with E-state index in [1.807, 2.05) is 96.7 Å². The van der Waals surface area contributed by atoms with Crippen LogP contribution >= 0.6 is 11.3 Å². The van der Waals surface area contributed by atoms with Gasteiger partial charge in [0.2, 0.25) is 17.7 Å². The number of aliphatic carboxylic acids is 1. The first-order valence-electron chi connectivity index (χ1n) is 47.9. The summed E-state index contributed by atoms with van der Waals surface area (Å²) >= 11 is 1.51. The van der Waals surface area contributed by atoms with Crippen molar-refractivity contribution in [3.8, 4) is 33.2 Å². The van der Waals surface area contributed by atoms with E-state index in [-0.39, 0.29) is 46.8 Å². The third-order valence-electron chi connectivity index (χ3n) is 26.5. The summed E-state index contributed by atoms with van der Waals surface area (Å²) in [7, 11) is 7.16. The van der Waals surface area contributed by atoms with E-state index in [0.717, 1.165) is 187 Å². The van der Waals surface area contributed by atoms with Crippen LogP contribution in [-0.2, 0) is 94.0 Å². The number of fused-ring (bicyclic) bond motifs is 5. The Morgan fingerprint density at radius 1 is 0.547 bits per heavy atom. The van der Waals surface area contributed by atoms with E-state index in [9.17, 15) is 57.0 Å². The normalized spacial score (nSPS) is 17.5. The van der Waals surface area contributed by atoms with Gasteiger partial charge in [-0.05, 0) is 130 Å². The second-order valence-electron chi connectivity index (χ2n) is 43.4. The van der Waals surface area contributed by atoms with Crippen molar-refractivity contribution in [3.05, 3.63) is 134 Å². The molecule has 748 valence electrons. The molecule has 12 heterocycles. The number of ether oxygens (including phenoxy) is 1. The summed E-state index contributed by atoms with van der Waals surface area (Å²) in [5.41, 5.74) is 18.9. The molecular formula is C99H146F2N24O11S. The van der Waals surface area contributed by atoms with E-state index in [0.29, 0.717) is 74.7 Å². The lowest BCUT2D eigenvalue weighted by Gasteiger charge is -2.32. The number of carboxylic acid groups (broad SMARTS) is 1. The zero-order valence-electron chi connectivity index (χ0n) is 84.7. The number of morpholine rings is 1. The maximum absolute atomic E-state index is 13.8. The highest BCUT2D eigenvalue weighted by molar-refractivity contribution is 7.13. The first-order chi connectivity index (χ1) is 64.2. The Balaban J connectivity index is 0.000000165. The summed E-state index contributed by atoms with van der Waals surface area (Å²) in [6.07, 6.45) is 17.0. The maximum atomic E-state index is 13.8. The fraction of sp³-hybridized carbons (Fsp3) is 0.616. The van der Waals surface area contributed by atoms with Crippen molar-refractivity contribution in [3.63, 3.8) is 0 Å². The molecule has 35 nitrogen and oxygen atoms in total. The molecule has 2 fully saturated rings. The molecule has 4 atom stereocenters. The number of carboxylic acids is 1. The molecule has 7 aliphatic rings. The number of rotatable bonds is 14. The molecule has 1 saturated heterocycles. The number of halogens is 2. The number of thiazole rings is 1. The number of hydrogen-bond donors (Lipinski definition) is 8. The first kappa shape index (κ1) is 106. The van der Waals surface area contributed by atoms with Crippen LogP contribution in [0.1, 0.15) is 251 Å². The minimum atomic E-state index is -1.15. The minimum absolute atomic E-state index is 0.0137. The lowest BCUT2D eigenvalue weighted by Crippen LogP contribution is -2.54. The van der Waals surface area contributed by atoms with Gasteiger partial charge in [0.25, 0.3) is 0 Å². The quantitative estimate of drug-likeness (QED) is 0.0501. The smallest absolute Gasteiger partial charge is 0.345 e. The van der Waals surface area contributed by atoms with Gasteiger partial charge < -0.3 is 62.2 Å². The highest BCUT2D eigenvalue weighted by Gasteiger charge is 2.43. The number of carbonyl (C=O) groups excluding carboxylic acids is 8. The third kappa shape index (κ3) is 25.5. The van der Waals surface area contributed by atoms with Crippen molar-refractivity contribution in [2.75, 3.05) is 87.2 Å². The monoisotopic (exact) mass is 1920 g/mol. The Labute approximate surface area is 808 Å². The summed E-state index contributed by atoms with van der Waals surface area (Å²) in [5, 5.41) is 51.8. The number of carbonyl (C=O) groups is 9. The molecule has 8 amide bonds. The minimum Gasteiger partial charge on any atom is -0.480 e. The molecule has 137 heavy (non-hydrogen) atoms.